The number of hydrogen-bond donors (Lipinski definition) is 1. The molecule has 84 valence electrons. The number of aryl methyl sites for hydroxylation is 1. The molecule has 1 aromatic rings. The van der Waals surface area contributed by atoms with E-state index in [1.165, 1.54) is 5.69 Å². The van der Waals surface area contributed by atoms with Crippen LogP contribution >= 0.6 is 0 Å². The van der Waals surface area contributed by atoms with Crippen LogP contribution in [0.4, 0.5) is 0 Å². The van der Waals surface area contributed by atoms with E-state index < -0.39 is 0 Å². The van der Waals surface area contributed by atoms with Crippen LogP contribution < -0.4 is 0 Å². The quantitative estimate of drug-likeness (QED) is 0.789. The summed E-state index contributed by atoms with van der Waals surface area (Å²) < 4.78 is 2.22. The van der Waals surface area contributed by atoms with Gasteiger partial charge >= 0.3 is 0 Å². The van der Waals surface area contributed by atoms with E-state index >= 15 is 0 Å². The van der Waals surface area contributed by atoms with Crippen molar-refractivity contribution in [1.29, 1.82) is 0 Å². The molecule has 0 atom stereocenters. The molecule has 0 aliphatic heterocycles. The Hall–Kier alpha value is -1.02. The molecule has 15 heavy (non-hydrogen) atoms. The minimum atomic E-state index is 0.148. The van der Waals surface area contributed by atoms with Crippen molar-refractivity contribution < 1.29 is 5.11 Å². The number of rotatable bonds is 5. The lowest BCUT2D eigenvalue weighted by molar-refractivity contribution is 0.320. The highest BCUT2D eigenvalue weighted by atomic mass is 16.3. The van der Waals surface area contributed by atoms with Crippen LogP contribution in [-0.2, 0) is 6.54 Å². The van der Waals surface area contributed by atoms with Gasteiger partial charge < -0.3 is 9.67 Å². The maximum atomic E-state index is 9.24. The van der Waals surface area contributed by atoms with Gasteiger partial charge in [0.2, 0.25) is 0 Å². The highest BCUT2D eigenvalue weighted by Crippen LogP contribution is 2.15. The van der Waals surface area contributed by atoms with E-state index in [1.54, 1.807) is 0 Å². The third-order valence-electron chi connectivity index (χ3n) is 2.59. The van der Waals surface area contributed by atoms with Gasteiger partial charge in [0.25, 0.3) is 0 Å². The second-order valence-corrected chi connectivity index (χ2v) is 4.16. The fourth-order valence-electron chi connectivity index (χ4n) is 1.59. The molecule has 0 bridgehead atoms. The van der Waals surface area contributed by atoms with Crippen LogP contribution in [0.15, 0.2) is 23.9 Å². The summed E-state index contributed by atoms with van der Waals surface area (Å²) in [6, 6.07) is 4.14. The summed E-state index contributed by atoms with van der Waals surface area (Å²) in [7, 11) is 0. The van der Waals surface area contributed by atoms with Gasteiger partial charge in [-0.2, -0.15) is 0 Å². The van der Waals surface area contributed by atoms with Crippen LogP contribution in [0.1, 0.15) is 32.9 Å². The Balaban J connectivity index is 2.90. The van der Waals surface area contributed by atoms with Gasteiger partial charge in [-0.3, -0.25) is 0 Å². The lowest BCUT2D eigenvalue weighted by Gasteiger charge is -2.10. The molecule has 0 amide bonds. The highest BCUT2D eigenvalue weighted by Gasteiger charge is 2.03. The van der Waals surface area contributed by atoms with Crippen molar-refractivity contribution in [2.24, 2.45) is 5.92 Å². The van der Waals surface area contributed by atoms with Gasteiger partial charge in [-0.15, -0.1) is 0 Å². The van der Waals surface area contributed by atoms with Crippen LogP contribution in [0.5, 0.6) is 0 Å². The van der Waals surface area contributed by atoms with Gasteiger partial charge in [-0.1, -0.05) is 20.8 Å². The molecule has 1 rings (SSSR count). The molecule has 0 aromatic carbocycles. The Morgan fingerprint density at radius 2 is 2.27 bits per heavy atom. The first-order chi connectivity index (χ1) is 7.19. The molecule has 0 unspecified atom stereocenters. The SMILES string of the molecule is CCCn1cccc1C=C(CO)C(C)C. The van der Waals surface area contributed by atoms with Gasteiger partial charge in [0.1, 0.15) is 0 Å². The molecule has 1 N–H and O–H groups in total. The van der Waals surface area contributed by atoms with Crippen LogP contribution in [-0.4, -0.2) is 16.3 Å². The molecule has 1 heterocycles. The number of aromatic nitrogens is 1. The summed E-state index contributed by atoms with van der Waals surface area (Å²) in [6.07, 6.45) is 5.32. The fraction of sp³-hybridized carbons (Fsp3) is 0.538. The third-order valence-corrected chi connectivity index (χ3v) is 2.59. The summed E-state index contributed by atoms with van der Waals surface area (Å²) >= 11 is 0. The molecule has 1 aromatic heterocycles. The van der Waals surface area contributed by atoms with Crippen molar-refractivity contribution in [2.45, 2.75) is 33.7 Å². The lowest BCUT2D eigenvalue weighted by atomic mass is 10.0. The normalized spacial score (nSPS) is 12.5. The largest absolute Gasteiger partial charge is 0.392 e. The van der Waals surface area contributed by atoms with Gasteiger partial charge in [0.15, 0.2) is 0 Å². The molecule has 2 nitrogen and oxygen atoms in total. The number of nitrogens with zero attached hydrogens (tertiary/aromatic N) is 1. The van der Waals surface area contributed by atoms with E-state index in [4.69, 9.17) is 0 Å². The van der Waals surface area contributed by atoms with Crippen LogP contribution in [0.2, 0.25) is 0 Å². The Morgan fingerprint density at radius 1 is 1.53 bits per heavy atom. The molecule has 0 saturated carbocycles. The maximum Gasteiger partial charge on any atom is 0.0648 e. The van der Waals surface area contributed by atoms with Crippen molar-refractivity contribution in [3.8, 4) is 0 Å². The lowest BCUT2D eigenvalue weighted by Crippen LogP contribution is -2.02. The van der Waals surface area contributed by atoms with Crippen LogP contribution in [0.3, 0.4) is 0 Å². The highest BCUT2D eigenvalue weighted by molar-refractivity contribution is 5.50. The van der Waals surface area contributed by atoms with E-state index in [0.29, 0.717) is 5.92 Å². The van der Waals surface area contributed by atoms with Crippen LogP contribution in [0.25, 0.3) is 6.08 Å². The second kappa shape index (κ2) is 5.76. The summed E-state index contributed by atoms with van der Waals surface area (Å²) in [5.41, 5.74) is 2.28. The molecule has 0 fully saturated rings. The van der Waals surface area contributed by atoms with Crippen molar-refractivity contribution in [1.82, 2.24) is 4.57 Å². The van der Waals surface area contributed by atoms with Crippen molar-refractivity contribution in [2.75, 3.05) is 6.61 Å². The van der Waals surface area contributed by atoms with E-state index in [9.17, 15) is 5.11 Å². The molecule has 0 radical (unpaired) electrons. The van der Waals surface area contributed by atoms with Gasteiger partial charge in [-0.25, -0.2) is 0 Å². The first-order valence-electron chi connectivity index (χ1n) is 5.65. The molecule has 0 aliphatic carbocycles. The van der Waals surface area contributed by atoms with Crippen molar-refractivity contribution >= 4 is 6.08 Å². The standard InChI is InChI=1S/C13H21NO/c1-4-7-14-8-5-6-13(14)9-12(10-15)11(2)3/h5-6,8-9,11,15H,4,7,10H2,1-3H3. The minimum Gasteiger partial charge on any atom is -0.392 e. The molecule has 0 spiro atoms. The Bertz CT molecular complexity index is 323. The molecular formula is C13H21NO. The van der Waals surface area contributed by atoms with Crippen molar-refractivity contribution in [3.63, 3.8) is 0 Å². The first-order valence-corrected chi connectivity index (χ1v) is 5.65. The van der Waals surface area contributed by atoms with Crippen molar-refractivity contribution in [3.05, 3.63) is 29.6 Å². The van der Waals surface area contributed by atoms with Gasteiger partial charge in [-0.05, 0) is 36.1 Å². The zero-order valence-corrected chi connectivity index (χ0v) is 9.90. The summed E-state index contributed by atoms with van der Waals surface area (Å²) in [5.74, 6) is 0.403. The fourth-order valence-corrected chi connectivity index (χ4v) is 1.59. The zero-order chi connectivity index (χ0) is 11.3. The smallest absolute Gasteiger partial charge is 0.0648 e. The molecule has 2 heteroatoms. The van der Waals surface area contributed by atoms with E-state index in [0.717, 1.165) is 18.5 Å². The van der Waals surface area contributed by atoms with E-state index in [1.807, 2.05) is 0 Å². The van der Waals surface area contributed by atoms with Crippen LogP contribution in [0, 0.1) is 5.92 Å². The predicted molar refractivity (Wildman–Crippen MR) is 64.6 cm³/mol. The molecule has 0 saturated heterocycles. The van der Waals surface area contributed by atoms with Gasteiger partial charge in [0, 0.05) is 18.4 Å². The Labute approximate surface area is 92.2 Å². The molecule has 0 aliphatic rings. The Kier molecular flexibility index (Phi) is 4.63. The minimum absolute atomic E-state index is 0.148. The number of aliphatic hydroxyl groups is 1. The first kappa shape index (κ1) is 12.1. The monoisotopic (exact) mass is 207 g/mol. The second-order valence-electron chi connectivity index (χ2n) is 4.16. The van der Waals surface area contributed by atoms with Gasteiger partial charge in [0.05, 0.1) is 6.61 Å². The third kappa shape index (κ3) is 3.24. The topological polar surface area (TPSA) is 25.2 Å². The summed E-state index contributed by atoms with van der Waals surface area (Å²) in [4.78, 5) is 0. The summed E-state index contributed by atoms with van der Waals surface area (Å²) in [5, 5.41) is 9.24. The van der Waals surface area contributed by atoms with E-state index in [2.05, 4.69) is 49.7 Å². The number of aliphatic hydroxyl groups excluding tert-OH is 1. The predicted octanol–water partition coefficient (Wildman–Crippen LogP) is 2.93. The Morgan fingerprint density at radius 3 is 2.80 bits per heavy atom. The number of hydrogen-bond acceptors (Lipinski definition) is 1. The summed E-state index contributed by atoms with van der Waals surface area (Å²) in [6.45, 7) is 7.57. The average molecular weight is 207 g/mol. The maximum absolute atomic E-state index is 9.24. The zero-order valence-electron chi connectivity index (χ0n) is 9.90. The van der Waals surface area contributed by atoms with E-state index in [-0.39, 0.29) is 6.61 Å². The molecular weight excluding hydrogens is 186 g/mol. The average Bonchev–Trinajstić information content (AvgIpc) is 2.62.